The van der Waals surface area contributed by atoms with Crippen LogP contribution in [0.15, 0.2) is 18.2 Å². The van der Waals surface area contributed by atoms with Gasteiger partial charge in [-0.3, -0.25) is 4.79 Å². The fourth-order valence-corrected chi connectivity index (χ4v) is 1.14. The van der Waals surface area contributed by atoms with Gasteiger partial charge in [-0.15, -0.1) is 0 Å². The molecule has 0 aliphatic heterocycles. The van der Waals surface area contributed by atoms with Gasteiger partial charge in [-0.05, 0) is 26.0 Å². The monoisotopic (exact) mass is 238 g/mol. The normalized spacial score (nSPS) is 11.1. The fourth-order valence-electron chi connectivity index (χ4n) is 1.14. The second kappa shape index (κ2) is 5.05. The molecule has 5 nitrogen and oxygen atoms in total. The van der Waals surface area contributed by atoms with E-state index in [0.29, 0.717) is 17.1 Å². The molecule has 94 valence electrons. The second-order valence-electron chi connectivity index (χ2n) is 4.12. The summed E-state index contributed by atoms with van der Waals surface area (Å²) < 4.78 is 10.1. The predicted molar refractivity (Wildman–Crippen MR) is 67.1 cm³/mol. The molecule has 0 saturated heterocycles. The van der Waals surface area contributed by atoms with Gasteiger partial charge in [0.25, 0.3) is 5.91 Å². The van der Waals surface area contributed by atoms with Crippen LogP contribution in [-0.2, 0) is 9.53 Å². The number of nitrogen functional groups attached to an aromatic ring is 1. The molecular weight excluding hydrogens is 220 g/mol. The van der Waals surface area contributed by atoms with Gasteiger partial charge in [0.05, 0.1) is 18.5 Å². The molecule has 0 unspecified atom stereocenters. The van der Waals surface area contributed by atoms with Crippen LogP contribution in [-0.4, -0.2) is 25.7 Å². The molecular formula is C12H18N2O3. The van der Waals surface area contributed by atoms with Gasteiger partial charge in [0.1, 0.15) is 11.4 Å². The lowest BCUT2D eigenvalue weighted by atomic mass is 10.1. The Morgan fingerprint density at radius 2 is 2.00 bits per heavy atom. The molecule has 5 heteroatoms. The van der Waals surface area contributed by atoms with E-state index in [1.165, 1.54) is 7.11 Å². The van der Waals surface area contributed by atoms with Gasteiger partial charge in [-0.2, -0.15) is 0 Å². The summed E-state index contributed by atoms with van der Waals surface area (Å²) in [6.07, 6.45) is 0. The first-order chi connectivity index (χ1) is 7.90. The third kappa shape index (κ3) is 3.10. The van der Waals surface area contributed by atoms with Crippen LogP contribution in [0, 0.1) is 0 Å². The van der Waals surface area contributed by atoms with Crippen molar-refractivity contribution in [2.45, 2.75) is 19.4 Å². The highest BCUT2D eigenvalue weighted by molar-refractivity contribution is 5.99. The van der Waals surface area contributed by atoms with Crippen molar-refractivity contribution in [2.24, 2.45) is 0 Å². The molecule has 1 rings (SSSR count). The molecule has 0 aliphatic carbocycles. The van der Waals surface area contributed by atoms with Crippen molar-refractivity contribution in [1.29, 1.82) is 0 Å². The fraction of sp³-hybridized carbons (Fsp3) is 0.417. The number of carbonyl (C=O) groups is 1. The van der Waals surface area contributed by atoms with Crippen molar-refractivity contribution in [3.05, 3.63) is 18.2 Å². The number of benzene rings is 1. The Balaban J connectivity index is 2.91. The highest BCUT2D eigenvalue weighted by Crippen LogP contribution is 2.25. The first-order valence-corrected chi connectivity index (χ1v) is 5.21. The van der Waals surface area contributed by atoms with Gasteiger partial charge >= 0.3 is 0 Å². The SMILES string of the molecule is COc1ccc(N)c(NC(=O)C(C)(C)OC)c1. The van der Waals surface area contributed by atoms with E-state index in [-0.39, 0.29) is 5.91 Å². The topological polar surface area (TPSA) is 73.6 Å². The molecule has 0 saturated carbocycles. The van der Waals surface area contributed by atoms with E-state index in [1.54, 1.807) is 39.2 Å². The van der Waals surface area contributed by atoms with Crippen molar-refractivity contribution in [1.82, 2.24) is 0 Å². The lowest BCUT2D eigenvalue weighted by molar-refractivity contribution is -0.133. The summed E-state index contributed by atoms with van der Waals surface area (Å²) in [6, 6.07) is 5.07. The number of nitrogens with two attached hydrogens (primary N) is 1. The zero-order chi connectivity index (χ0) is 13.1. The van der Waals surface area contributed by atoms with Crippen molar-refractivity contribution in [3.63, 3.8) is 0 Å². The second-order valence-corrected chi connectivity index (χ2v) is 4.12. The van der Waals surface area contributed by atoms with Gasteiger partial charge in [-0.25, -0.2) is 0 Å². The number of ether oxygens (including phenoxy) is 2. The zero-order valence-corrected chi connectivity index (χ0v) is 10.5. The lowest BCUT2D eigenvalue weighted by Crippen LogP contribution is -2.38. The summed E-state index contributed by atoms with van der Waals surface area (Å²) >= 11 is 0. The van der Waals surface area contributed by atoms with E-state index < -0.39 is 5.60 Å². The van der Waals surface area contributed by atoms with Crippen LogP contribution in [0.1, 0.15) is 13.8 Å². The predicted octanol–water partition coefficient (Wildman–Crippen LogP) is 1.64. The third-order valence-corrected chi connectivity index (χ3v) is 2.57. The van der Waals surface area contributed by atoms with Crippen LogP contribution in [0.2, 0.25) is 0 Å². The number of rotatable bonds is 4. The van der Waals surface area contributed by atoms with Crippen LogP contribution in [0.4, 0.5) is 11.4 Å². The molecule has 0 heterocycles. The largest absolute Gasteiger partial charge is 0.497 e. The molecule has 0 atom stereocenters. The molecule has 0 spiro atoms. The zero-order valence-electron chi connectivity index (χ0n) is 10.5. The lowest BCUT2D eigenvalue weighted by Gasteiger charge is -2.22. The Morgan fingerprint density at radius 1 is 1.35 bits per heavy atom. The molecule has 0 bridgehead atoms. The maximum absolute atomic E-state index is 11.9. The van der Waals surface area contributed by atoms with Crippen molar-refractivity contribution in [2.75, 3.05) is 25.3 Å². The molecule has 0 aliphatic rings. The molecule has 1 amide bonds. The Bertz CT molecular complexity index is 416. The number of carbonyl (C=O) groups excluding carboxylic acids is 1. The highest BCUT2D eigenvalue weighted by Gasteiger charge is 2.27. The van der Waals surface area contributed by atoms with Crippen molar-refractivity contribution >= 4 is 17.3 Å². The van der Waals surface area contributed by atoms with Crippen LogP contribution in [0.5, 0.6) is 5.75 Å². The first kappa shape index (κ1) is 13.3. The summed E-state index contributed by atoms with van der Waals surface area (Å²) in [6.45, 7) is 3.36. The molecule has 3 N–H and O–H groups in total. The molecule has 0 aromatic heterocycles. The maximum atomic E-state index is 11.9. The Hall–Kier alpha value is -1.75. The average molecular weight is 238 g/mol. The van der Waals surface area contributed by atoms with Gasteiger partial charge < -0.3 is 20.5 Å². The number of hydrogen-bond acceptors (Lipinski definition) is 4. The van der Waals surface area contributed by atoms with Gasteiger partial charge in [-0.1, -0.05) is 0 Å². The van der Waals surface area contributed by atoms with Gasteiger partial charge in [0, 0.05) is 13.2 Å². The number of anilines is 2. The Labute approximate surface area is 101 Å². The van der Waals surface area contributed by atoms with Crippen LogP contribution >= 0.6 is 0 Å². The minimum atomic E-state index is -0.907. The molecule has 17 heavy (non-hydrogen) atoms. The quantitative estimate of drug-likeness (QED) is 0.782. The Morgan fingerprint density at radius 3 is 2.53 bits per heavy atom. The number of methoxy groups -OCH3 is 2. The van der Waals surface area contributed by atoms with E-state index in [4.69, 9.17) is 15.2 Å². The number of amides is 1. The molecule has 1 aromatic carbocycles. The molecule has 0 radical (unpaired) electrons. The first-order valence-electron chi connectivity index (χ1n) is 5.21. The van der Waals surface area contributed by atoms with E-state index >= 15 is 0 Å². The van der Waals surface area contributed by atoms with Gasteiger partial charge in [0.15, 0.2) is 0 Å². The van der Waals surface area contributed by atoms with Crippen LogP contribution in [0.3, 0.4) is 0 Å². The smallest absolute Gasteiger partial charge is 0.256 e. The van der Waals surface area contributed by atoms with E-state index in [0.717, 1.165) is 0 Å². The number of nitrogens with one attached hydrogen (secondary N) is 1. The number of hydrogen-bond donors (Lipinski definition) is 2. The van der Waals surface area contributed by atoms with Crippen LogP contribution < -0.4 is 15.8 Å². The van der Waals surface area contributed by atoms with E-state index in [9.17, 15) is 4.79 Å². The summed E-state index contributed by atoms with van der Waals surface area (Å²) in [5.41, 5.74) is 5.85. The third-order valence-electron chi connectivity index (χ3n) is 2.57. The van der Waals surface area contributed by atoms with Gasteiger partial charge in [0.2, 0.25) is 0 Å². The molecule has 0 fully saturated rings. The minimum Gasteiger partial charge on any atom is -0.497 e. The minimum absolute atomic E-state index is 0.264. The summed E-state index contributed by atoms with van der Waals surface area (Å²) in [5.74, 6) is 0.365. The summed E-state index contributed by atoms with van der Waals surface area (Å²) in [4.78, 5) is 11.9. The van der Waals surface area contributed by atoms with Crippen molar-refractivity contribution < 1.29 is 14.3 Å². The average Bonchev–Trinajstić information content (AvgIpc) is 2.31. The summed E-state index contributed by atoms with van der Waals surface area (Å²) in [5, 5.41) is 2.71. The standard InChI is InChI=1S/C12H18N2O3/c1-12(2,17-4)11(15)14-10-7-8(16-3)5-6-9(10)13/h5-7H,13H2,1-4H3,(H,14,15). The van der Waals surface area contributed by atoms with Crippen LogP contribution in [0.25, 0.3) is 0 Å². The van der Waals surface area contributed by atoms with E-state index in [1.807, 2.05) is 0 Å². The summed E-state index contributed by atoms with van der Waals surface area (Å²) in [7, 11) is 3.03. The van der Waals surface area contributed by atoms with E-state index in [2.05, 4.69) is 5.32 Å². The Kier molecular flexibility index (Phi) is 3.96. The molecule has 1 aromatic rings. The van der Waals surface area contributed by atoms with Crippen molar-refractivity contribution in [3.8, 4) is 5.75 Å². The highest BCUT2D eigenvalue weighted by atomic mass is 16.5. The maximum Gasteiger partial charge on any atom is 0.256 e.